The van der Waals surface area contributed by atoms with Crippen molar-refractivity contribution in [3.05, 3.63) is 74.4 Å². The van der Waals surface area contributed by atoms with Crippen molar-refractivity contribution in [3.63, 3.8) is 0 Å². The summed E-state index contributed by atoms with van der Waals surface area (Å²) in [6.45, 7) is 0.205. The molecule has 6 heteroatoms. The summed E-state index contributed by atoms with van der Waals surface area (Å²) in [6, 6.07) is 12.9. The molecule has 0 spiro atoms. The number of hydrogen-bond acceptors (Lipinski definition) is 3. The Morgan fingerprint density at radius 3 is 2.74 bits per heavy atom. The number of aromatic nitrogens is 2. The van der Waals surface area contributed by atoms with Crippen molar-refractivity contribution < 1.29 is 4.79 Å². The maximum absolute atomic E-state index is 12.5. The molecule has 0 radical (unpaired) electrons. The van der Waals surface area contributed by atoms with E-state index in [1.807, 2.05) is 12.1 Å². The molecule has 2 N–H and O–H groups in total. The molecular formula is C21H21N3O3. The highest BCUT2D eigenvalue weighted by Crippen LogP contribution is 2.27. The molecule has 3 aromatic rings. The molecule has 1 aliphatic carbocycles. The zero-order valence-electron chi connectivity index (χ0n) is 15.0. The molecule has 0 bridgehead atoms. The molecule has 0 fully saturated rings. The molecular weight excluding hydrogens is 342 g/mol. The number of hydrogen-bond donors (Lipinski definition) is 2. The van der Waals surface area contributed by atoms with Crippen LogP contribution in [0.25, 0.3) is 10.9 Å². The van der Waals surface area contributed by atoms with Crippen molar-refractivity contribution in [2.75, 3.05) is 5.32 Å². The van der Waals surface area contributed by atoms with Gasteiger partial charge in [-0.1, -0.05) is 24.3 Å². The van der Waals surface area contributed by atoms with Gasteiger partial charge in [-0.3, -0.25) is 19.1 Å². The summed E-state index contributed by atoms with van der Waals surface area (Å²) in [5.41, 5.74) is 3.04. The van der Waals surface area contributed by atoms with Crippen molar-refractivity contribution >= 4 is 22.5 Å². The summed E-state index contributed by atoms with van der Waals surface area (Å²) in [6.07, 6.45) is 4.51. The van der Waals surface area contributed by atoms with Gasteiger partial charge in [-0.15, -0.1) is 0 Å². The highest BCUT2D eigenvalue weighted by atomic mass is 16.2. The zero-order chi connectivity index (χ0) is 18.8. The number of benzene rings is 2. The predicted octanol–water partition coefficient (Wildman–Crippen LogP) is 2.60. The van der Waals surface area contributed by atoms with Gasteiger partial charge in [0.15, 0.2) is 0 Å². The number of rotatable bonds is 4. The molecule has 1 aromatic heterocycles. The smallest absolute Gasteiger partial charge is 0.326 e. The van der Waals surface area contributed by atoms with Crippen LogP contribution in [0.3, 0.4) is 0 Å². The van der Waals surface area contributed by atoms with Gasteiger partial charge in [0, 0.05) is 18.7 Å². The number of aryl methyl sites for hydroxylation is 2. The molecule has 0 saturated carbocycles. The van der Waals surface area contributed by atoms with Crippen LogP contribution in [-0.2, 0) is 24.2 Å². The van der Waals surface area contributed by atoms with Crippen molar-refractivity contribution in [1.29, 1.82) is 0 Å². The van der Waals surface area contributed by atoms with E-state index in [1.165, 1.54) is 22.1 Å². The van der Waals surface area contributed by atoms with Gasteiger partial charge in [-0.05, 0) is 55.0 Å². The molecule has 0 aliphatic heterocycles. The Labute approximate surface area is 155 Å². The Bertz CT molecular complexity index is 1130. The normalized spacial score (nSPS) is 13.3. The van der Waals surface area contributed by atoms with E-state index in [-0.39, 0.29) is 18.9 Å². The summed E-state index contributed by atoms with van der Waals surface area (Å²) in [7, 11) is 0. The maximum Gasteiger partial charge on any atom is 0.328 e. The van der Waals surface area contributed by atoms with E-state index in [0.29, 0.717) is 10.9 Å². The molecule has 1 heterocycles. The second kappa shape index (κ2) is 7.23. The van der Waals surface area contributed by atoms with Crippen molar-refractivity contribution in [2.45, 2.75) is 38.6 Å². The monoisotopic (exact) mass is 363 g/mol. The minimum absolute atomic E-state index is 0.142. The first-order chi connectivity index (χ1) is 13.1. The van der Waals surface area contributed by atoms with Crippen molar-refractivity contribution in [1.82, 2.24) is 9.55 Å². The molecule has 4 rings (SSSR count). The highest BCUT2D eigenvalue weighted by molar-refractivity contribution is 5.91. The number of nitrogens with one attached hydrogen (secondary N) is 2. The fourth-order valence-electron chi connectivity index (χ4n) is 3.79. The van der Waals surface area contributed by atoms with Gasteiger partial charge >= 0.3 is 5.69 Å². The topological polar surface area (TPSA) is 84.0 Å². The largest absolute Gasteiger partial charge is 0.328 e. The second-order valence-corrected chi connectivity index (χ2v) is 6.88. The maximum atomic E-state index is 12.5. The number of amides is 1. The number of fused-ring (bicyclic) bond motifs is 2. The van der Waals surface area contributed by atoms with Crippen molar-refractivity contribution in [3.8, 4) is 0 Å². The highest BCUT2D eigenvalue weighted by Gasteiger charge is 2.15. The third-order valence-corrected chi connectivity index (χ3v) is 5.14. The lowest BCUT2D eigenvalue weighted by Gasteiger charge is -2.19. The van der Waals surface area contributed by atoms with E-state index in [9.17, 15) is 14.4 Å². The Morgan fingerprint density at radius 2 is 1.85 bits per heavy atom. The van der Waals surface area contributed by atoms with Gasteiger partial charge in [0.25, 0.3) is 5.56 Å². The van der Waals surface area contributed by atoms with E-state index < -0.39 is 11.2 Å². The Kier molecular flexibility index (Phi) is 4.62. The molecule has 138 valence electrons. The Morgan fingerprint density at radius 1 is 1.04 bits per heavy atom. The predicted molar refractivity (Wildman–Crippen MR) is 105 cm³/mol. The van der Waals surface area contributed by atoms with E-state index >= 15 is 0 Å². The lowest BCUT2D eigenvalue weighted by molar-refractivity contribution is -0.116. The SMILES string of the molecule is O=C(CCn1c(=O)[nH]c(=O)c2ccccc21)Nc1cccc2c1CCCC2. The molecule has 1 amide bonds. The number of nitrogens with zero attached hydrogens (tertiary/aromatic N) is 1. The standard InChI is InChI=1S/C21H21N3O3/c25-19(22-17-10-5-7-14-6-1-2-8-15(14)17)12-13-24-18-11-4-3-9-16(18)20(26)23-21(24)27/h3-5,7,9-11H,1-2,6,8,12-13H2,(H,22,25)(H,23,26,27). The van der Waals surface area contributed by atoms with Gasteiger partial charge in [-0.25, -0.2) is 4.79 Å². The summed E-state index contributed by atoms with van der Waals surface area (Å²) in [5.74, 6) is -0.142. The Hall–Kier alpha value is -3.15. The van der Waals surface area contributed by atoms with Gasteiger partial charge in [0.2, 0.25) is 5.91 Å². The first kappa shape index (κ1) is 17.3. The summed E-state index contributed by atoms with van der Waals surface area (Å²) >= 11 is 0. The van der Waals surface area contributed by atoms with Crippen LogP contribution in [0.4, 0.5) is 5.69 Å². The molecule has 2 aromatic carbocycles. The average molecular weight is 363 g/mol. The van der Waals surface area contributed by atoms with Crippen LogP contribution < -0.4 is 16.6 Å². The van der Waals surface area contributed by atoms with Gasteiger partial charge in [-0.2, -0.15) is 0 Å². The van der Waals surface area contributed by atoms with E-state index in [2.05, 4.69) is 16.4 Å². The number of H-pyrrole nitrogens is 1. The van der Waals surface area contributed by atoms with E-state index in [1.54, 1.807) is 24.3 Å². The van der Waals surface area contributed by atoms with E-state index in [4.69, 9.17) is 0 Å². The molecule has 0 unspecified atom stereocenters. The first-order valence-corrected chi connectivity index (χ1v) is 9.26. The van der Waals surface area contributed by atoms with Crippen molar-refractivity contribution in [2.24, 2.45) is 0 Å². The minimum atomic E-state index is -0.497. The number of aromatic amines is 1. The van der Waals surface area contributed by atoms with Gasteiger partial charge in [0.1, 0.15) is 0 Å². The lowest BCUT2D eigenvalue weighted by atomic mass is 9.90. The molecule has 1 aliphatic rings. The third kappa shape index (κ3) is 3.43. The minimum Gasteiger partial charge on any atom is -0.326 e. The average Bonchev–Trinajstić information content (AvgIpc) is 2.68. The lowest BCUT2D eigenvalue weighted by Crippen LogP contribution is -2.31. The van der Waals surface area contributed by atoms with Crippen LogP contribution in [0.15, 0.2) is 52.1 Å². The molecule has 27 heavy (non-hydrogen) atoms. The number of carbonyl (C=O) groups is 1. The fourth-order valence-corrected chi connectivity index (χ4v) is 3.79. The quantitative estimate of drug-likeness (QED) is 0.747. The molecule has 0 atom stereocenters. The number of anilines is 1. The zero-order valence-corrected chi connectivity index (χ0v) is 15.0. The van der Waals surface area contributed by atoms with Crippen LogP contribution >= 0.6 is 0 Å². The van der Waals surface area contributed by atoms with Gasteiger partial charge < -0.3 is 5.32 Å². The summed E-state index contributed by atoms with van der Waals surface area (Å²) in [4.78, 5) is 38.9. The third-order valence-electron chi connectivity index (χ3n) is 5.14. The van der Waals surface area contributed by atoms with Crippen LogP contribution in [-0.4, -0.2) is 15.5 Å². The Balaban J connectivity index is 1.54. The molecule has 0 saturated heterocycles. The van der Waals surface area contributed by atoms with E-state index in [0.717, 1.165) is 24.9 Å². The fraction of sp³-hybridized carbons (Fsp3) is 0.286. The summed E-state index contributed by atoms with van der Waals surface area (Å²) in [5, 5.41) is 3.43. The first-order valence-electron chi connectivity index (χ1n) is 9.26. The van der Waals surface area contributed by atoms with Crippen LogP contribution in [0.1, 0.15) is 30.4 Å². The number of carbonyl (C=O) groups excluding carboxylic acids is 1. The van der Waals surface area contributed by atoms with Gasteiger partial charge in [0.05, 0.1) is 10.9 Å². The van der Waals surface area contributed by atoms with Crippen LogP contribution in [0.5, 0.6) is 0 Å². The second-order valence-electron chi connectivity index (χ2n) is 6.88. The summed E-state index contributed by atoms with van der Waals surface area (Å²) < 4.78 is 1.44. The van der Waals surface area contributed by atoms with Crippen LogP contribution in [0.2, 0.25) is 0 Å². The van der Waals surface area contributed by atoms with Crippen LogP contribution in [0, 0.1) is 0 Å². The number of para-hydroxylation sites is 1. The molecule has 6 nitrogen and oxygen atoms in total.